The van der Waals surface area contributed by atoms with Crippen molar-refractivity contribution in [3.63, 3.8) is 0 Å². The van der Waals surface area contributed by atoms with Crippen molar-refractivity contribution in [2.75, 3.05) is 5.73 Å². The van der Waals surface area contributed by atoms with Crippen molar-refractivity contribution in [2.24, 2.45) is 0 Å². The fourth-order valence-corrected chi connectivity index (χ4v) is 3.69. The molecule has 2 heterocycles. The van der Waals surface area contributed by atoms with Crippen LogP contribution in [0.2, 0.25) is 0 Å². The zero-order valence-corrected chi connectivity index (χ0v) is 14.0. The standard InChI is InChI=1S/C14H13FIN3S/c1-7-3-4-13(20-7)8(2)19-12-5-9(15)10(16)6-11(12)18-14(19)17/h3-6,8H,1-2H3,(H2,17,18). The first-order valence-electron chi connectivity index (χ1n) is 6.16. The van der Waals surface area contributed by atoms with Gasteiger partial charge in [-0.2, -0.15) is 0 Å². The quantitative estimate of drug-likeness (QED) is 0.650. The lowest BCUT2D eigenvalue weighted by molar-refractivity contribution is 0.619. The minimum Gasteiger partial charge on any atom is -0.369 e. The van der Waals surface area contributed by atoms with Gasteiger partial charge in [0, 0.05) is 15.8 Å². The van der Waals surface area contributed by atoms with Gasteiger partial charge in [-0.25, -0.2) is 9.37 Å². The van der Waals surface area contributed by atoms with E-state index in [0.717, 1.165) is 11.0 Å². The van der Waals surface area contributed by atoms with Crippen LogP contribution in [0.3, 0.4) is 0 Å². The molecule has 20 heavy (non-hydrogen) atoms. The first-order chi connectivity index (χ1) is 9.47. The number of thiophene rings is 1. The van der Waals surface area contributed by atoms with Crippen LogP contribution in [0.25, 0.3) is 11.0 Å². The summed E-state index contributed by atoms with van der Waals surface area (Å²) < 4.78 is 16.3. The minimum absolute atomic E-state index is 0.0400. The van der Waals surface area contributed by atoms with E-state index in [0.29, 0.717) is 9.52 Å². The second kappa shape index (κ2) is 5.00. The number of imidazole rings is 1. The number of benzene rings is 1. The number of nitrogens with two attached hydrogens (primary N) is 1. The summed E-state index contributed by atoms with van der Waals surface area (Å²) in [5.74, 6) is 0.175. The first-order valence-corrected chi connectivity index (χ1v) is 8.05. The predicted octanol–water partition coefficient (Wildman–Crippen LogP) is 4.34. The Kier molecular flexibility index (Phi) is 3.45. The van der Waals surface area contributed by atoms with Gasteiger partial charge in [0.2, 0.25) is 5.95 Å². The van der Waals surface area contributed by atoms with Gasteiger partial charge in [0.1, 0.15) is 5.82 Å². The predicted molar refractivity (Wildman–Crippen MR) is 89.7 cm³/mol. The molecule has 0 bridgehead atoms. The zero-order valence-electron chi connectivity index (χ0n) is 11.0. The molecule has 0 radical (unpaired) electrons. The number of nitrogens with zero attached hydrogens (tertiary/aromatic N) is 2. The van der Waals surface area contributed by atoms with Crippen molar-refractivity contribution in [2.45, 2.75) is 19.9 Å². The third kappa shape index (κ3) is 2.20. The van der Waals surface area contributed by atoms with Crippen LogP contribution in [-0.2, 0) is 0 Å². The molecule has 1 unspecified atom stereocenters. The third-order valence-electron chi connectivity index (χ3n) is 3.32. The van der Waals surface area contributed by atoms with E-state index in [1.807, 2.05) is 27.2 Å². The Hall–Kier alpha value is -1.15. The topological polar surface area (TPSA) is 43.8 Å². The number of hydrogen-bond acceptors (Lipinski definition) is 3. The summed E-state index contributed by atoms with van der Waals surface area (Å²) in [5.41, 5.74) is 7.50. The van der Waals surface area contributed by atoms with Gasteiger partial charge >= 0.3 is 0 Å². The number of aryl methyl sites for hydroxylation is 1. The van der Waals surface area contributed by atoms with E-state index < -0.39 is 0 Å². The Morgan fingerprint density at radius 2 is 2.15 bits per heavy atom. The largest absolute Gasteiger partial charge is 0.369 e. The zero-order chi connectivity index (χ0) is 14.4. The summed E-state index contributed by atoms with van der Waals surface area (Å²) in [7, 11) is 0. The average molecular weight is 401 g/mol. The van der Waals surface area contributed by atoms with Crippen molar-refractivity contribution in [1.82, 2.24) is 9.55 Å². The van der Waals surface area contributed by atoms with Crippen LogP contribution in [0.1, 0.15) is 22.7 Å². The van der Waals surface area contributed by atoms with E-state index >= 15 is 0 Å². The number of rotatable bonds is 2. The van der Waals surface area contributed by atoms with Gasteiger partial charge in [-0.15, -0.1) is 11.3 Å². The molecule has 2 N–H and O–H groups in total. The summed E-state index contributed by atoms with van der Waals surface area (Å²) >= 11 is 3.68. The number of nitrogen functional groups attached to an aromatic ring is 1. The number of fused-ring (bicyclic) bond motifs is 1. The first kappa shape index (κ1) is 13.8. The molecule has 0 spiro atoms. The number of hydrogen-bond donors (Lipinski definition) is 1. The van der Waals surface area contributed by atoms with Crippen molar-refractivity contribution in [3.05, 3.63) is 43.4 Å². The van der Waals surface area contributed by atoms with Crippen LogP contribution in [0, 0.1) is 16.3 Å². The molecule has 1 atom stereocenters. The van der Waals surface area contributed by atoms with Gasteiger partial charge in [0.05, 0.1) is 20.6 Å². The Balaban J connectivity index is 2.20. The monoisotopic (exact) mass is 401 g/mol. The van der Waals surface area contributed by atoms with E-state index in [1.165, 1.54) is 15.8 Å². The highest BCUT2D eigenvalue weighted by Crippen LogP contribution is 2.32. The lowest BCUT2D eigenvalue weighted by Gasteiger charge is -2.14. The van der Waals surface area contributed by atoms with Crippen molar-refractivity contribution in [3.8, 4) is 0 Å². The molecule has 0 aliphatic heterocycles. The average Bonchev–Trinajstić information content (AvgIpc) is 2.93. The molecule has 0 amide bonds. The highest BCUT2D eigenvalue weighted by atomic mass is 127. The maximum atomic E-state index is 13.8. The van der Waals surface area contributed by atoms with Crippen LogP contribution in [0.5, 0.6) is 0 Å². The molecule has 2 aromatic heterocycles. The van der Waals surface area contributed by atoms with E-state index in [2.05, 4.69) is 31.0 Å². The lowest BCUT2D eigenvalue weighted by Crippen LogP contribution is -2.09. The number of halogens is 2. The van der Waals surface area contributed by atoms with Crippen molar-refractivity contribution in [1.29, 1.82) is 0 Å². The van der Waals surface area contributed by atoms with Crippen LogP contribution < -0.4 is 5.73 Å². The molecule has 3 nitrogen and oxygen atoms in total. The Morgan fingerprint density at radius 3 is 2.80 bits per heavy atom. The number of anilines is 1. The van der Waals surface area contributed by atoms with Crippen LogP contribution in [-0.4, -0.2) is 9.55 Å². The van der Waals surface area contributed by atoms with Crippen LogP contribution >= 0.6 is 33.9 Å². The fraction of sp³-hybridized carbons (Fsp3) is 0.214. The highest BCUT2D eigenvalue weighted by molar-refractivity contribution is 14.1. The molecule has 0 aliphatic carbocycles. The molecule has 0 fully saturated rings. The van der Waals surface area contributed by atoms with E-state index in [4.69, 9.17) is 5.73 Å². The summed E-state index contributed by atoms with van der Waals surface area (Å²) in [5, 5.41) is 0. The minimum atomic E-state index is -0.242. The molecular weight excluding hydrogens is 388 g/mol. The van der Waals surface area contributed by atoms with Gasteiger partial charge in [-0.1, -0.05) is 0 Å². The number of aromatic nitrogens is 2. The molecule has 3 rings (SSSR count). The van der Waals surface area contributed by atoms with Gasteiger partial charge in [-0.3, -0.25) is 0 Å². The van der Waals surface area contributed by atoms with E-state index in [1.54, 1.807) is 17.4 Å². The van der Waals surface area contributed by atoms with Crippen LogP contribution in [0.4, 0.5) is 10.3 Å². The Bertz CT molecular complexity index is 793. The van der Waals surface area contributed by atoms with Crippen molar-refractivity contribution >= 4 is 50.9 Å². The molecular formula is C14H13FIN3S. The van der Waals surface area contributed by atoms with Gasteiger partial charge in [0.15, 0.2) is 0 Å². The normalized spacial score (nSPS) is 13.0. The molecule has 6 heteroatoms. The Labute approximate surface area is 133 Å². The molecule has 0 aliphatic rings. The summed E-state index contributed by atoms with van der Waals surface area (Å²) in [6, 6.07) is 7.44. The SMILES string of the molecule is Cc1ccc(C(C)n2c(N)nc3cc(I)c(F)cc32)s1. The van der Waals surface area contributed by atoms with Crippen molar-refractivity contribution < 1.29 is 4.39 Å². The molecule has 0 saturated carbocycles. The maximum Gasteiger partial charge on any atom is 0.201 e. The van der Waals surface area contributed by atoms with Gasteiger partial charge in [-0.05, 0) is 54.6 Å². The third-order valence-corrected chi connectivity index (χ3v) is 5.32. The summed E-state index contributed by atoms with van der Waals surface area (Å²) in [6.45, 7) is 4.12. The van der Waals surface area contributed by atoms with Gasteiger partial charge < -0.3 is 10.3 Å². The molecule has 3 aromatic rings. The van der Waals surface area contributed by atoms with E-state index in [9.17, 15) is 4.39 Å². The summed E-state index contributed by atoms with van der Waals surface area (Å²) in [6.07, 6.45) is 0. The van der Waals surface area contributed by atoms with Crippen LogP contribution in [0.15, 0.2) is 24.3 Å². The lowest BCUT2D eigenvalue weighted by atomic mass is 10.2. The fourth-order valence-electron chi connectivity index (χ4n) is 2.32. The van der Waals surface area contributed by atoms with E-state index in [-0.39, 0.29) is 11.9 Å². The smallest absolute Gasteiger partial charge is 0.201 e. The molecule has 0 saturated heterocycles. The Morgan fingerprint density at radius 1 is 1.40 bits per heavy atom. The van der Waals surface area contributed by atoms with Gasteiger partial charge in [0.25, 0.3) is 0 Å². The molecule has 1 aromatic carbocycles. The highest BCUT2D eigenvalue weighted by Gasteiger charge is 2.18. The second-order valence-electron chi connectivity index (χ2n) is 4.72. The summed E-state index contributed by atoms with van der Waals surface area (Å²) in [4.78, 5) is 6.78. The maximum absolute atomic E-state index is 13.8. The molecule has 104 valence electrons. The second-order valence-corrected chi connectivity index (χ2v) is 7.20.